The van der Waals surface area contributed by atoms with E-state index in [0.29, 0.717) is 17.9 Å². The number of carbonyl (C=O) groups is 3. The van der Waals surface area contributed by atoms with Gasteiger partial charge in [0.25, 0.3) is 5.91 Å². The maximum absolute atomic E-state index is 12.0. The van der Waals surface area contributed by atoms with E-state index in [0.717, 1.165) is 19.3 Å². The van der Waals surface area contributed by atoms with Crippen molar-refractivity contribution in [1.29, 1.82) is 0 Å². The Morgan fingerprint density at radius 3 is 2.32 bits per heavy atom. The summed E-state index contributed by atoms with van der Waals surface area (Å²) in [5.74, 6) is -1.77. The summed E-state index contributed by atoms with van der Waals surface area (Å²) in [5, 5.41) is 15.2. The van der Waals surface area contributed by atoms with E-state index in [-0.39, 0.29) is 23.7 Å². The first-order chi connectivity index (χ1) is 11.8. The Labute approximate surface area is 155 Å². The number of amides is 2. The van der Waals surface area contributed by atoms with Gasteiger partial charge in [0.2, 0.25) is 5.91 Å². The summed E-state index contributed by atoms with van der Waals surface area (Å²) < 4.78 is 0. The Morgan fingerprint density at radius 1 is 1.04 bits per heavy atom. The molecule has 2 amide bonds. The van der Waals surface area contributed by atoms with Gasteiger partial charge in [-0.3, -0.25) is 14.4 Å². The molecule has 1 fully saturated rings. The molecule has 6 nitrogen and oxygen atoms in total. The lowest BCUT2D eigenvalue weighted by Gasteiger charge is -2.33. The number of carboxylic acid groups (broad SMARTS) is 1. The van der Waals surface area contributed by atoms with Crippen molar-refractivity contribution >= 4 is 41.0 Å². The fourth-order valence-electron chi connectivity index (χ4n) is 2.93. The topological polar surface area (TPSA) is 95.5 Å². The number of hydrogen-bond acceptors (Lipinski definition) is 3. The molecule has 0 unspecified atom stereocenters. The molecule has 0 heterocycles. The number of rotatable bonds is 6. The van der Waals surface area contributed by atoms with Crippen molar-refractivity contribution in [3.05, 3.63) is 33.8 Å². The molecular weight excluding hydrogens is 367 g/mol. The molecule has 0 aliphatic heterocycles. The summed E-state index contributed by atoms with van der Waals surface area (Å²) in [6.07, 6.45) is 3.81. The summed E-state index contributed by atoms with van der Waals surface area (Å²) >= 11 is 11.6. The van der Waals surface area contributed by atoms with Gasteiger partial charge >= 0.3 is 5.97 Å². The molecule has 136 valence electrons. The van der Waals surface area contributed by atoms with Crippen LogP contribution in [0.5, 0.6) is 0 Å². The van der Waals surface area contributed by atoms with E-state index in [4.69, 9.17) is 23.2 Å². The fraction of sp³-hybridized carbons (Fsp3) is 0.471. The molecule has 1 aliphatic rings. The van der Waals surface area contributed by atoms with Crippen LogP contribution in [0.2, 0.25) is 10.0 Å². The third kappa shape index (κ3) is 5.09. The minimum atomic E-state index is -0.901. The van der Waals surface area contributed by atoms with Crippen LogP contribution >= 0.6 is 23.2 Å². The van der Waals surface area contributed by atoms with Gasteiger partial charge in [0.15, 0.2) is 0 Å². The lowest BCUT2D eigenvalue weighted by molar-refractivity contribution is -0.151. The lowest BCUT2D eigenvalue weighted by Crippen LogP contribution is -2.46. The maximum atomic E-state index is 12.0. The Balaban J connectivity index is 1.84. The van der Waals surface area contributed by atoms with Gasteiger partial charge in [-0.1, -0.05) is 42.5 Å². The molecule has 0 bridgehead atoms. The zero-order valence-corrected chi connectivity index (χ0v) is 15.1. The summed E-state index contributed by atoms with van der Waals surface area (Å²) in [4.78, 5) is 35.5. The minimum absolute atomic E-state index is 0.0732. The molecule has 0 radical (unpaired) electrons. The van der Waals surface area contributed by atoms with E-state index in [1.807, 2.05) is 0 Å². The predicted octanol–water partition coefficient (Wildman–Crippen LogP) is 2.87. The van der Waals surface area contributed by atoms with Gasteiger partial charge in [-0.2, -0.15) is 0 Å². The molecule has 3 N–H and O–H groups in total. The van der Waals surface area contributed by atoms with Crippen LogP contribution in [-0.2, 0) is 9.59 Å². The fourth-order valence-corrected chi connectivity index (χ4v) is 3.22. The monoisotopic (exact) mass is 386 g/mol. The van der Waals surface area contributed by atoms with Crippen molar-refractivity contribution in [2.24, 2.45) is 5.41 Å². The molecule has 1 saturated carbocycles. The van der Waals surface area contributed by atoms with Crippen LogP contribution in [0.1, 0.15) is 42.5 Å². The standard InChI is InChI=1S/C17H20Cl2N2O4/c18-12-5-4-11(8-13(12)19)15(23)20-9-14(22)21-10-17(16(24)25)6-2-1-3-7-17/h4-5,8H,1-3,6-7,9-10H2,(H,20,23)(H,21,22)(H,24,25). The Kier molecular flexibility index (Phi) is 6.67. The van der Waals surface area contributed by atoms with Crippen molar-refractivity contribution in [3.8, 4) is 0 Å². The zero-order valence-electron chi connectivity index (χ0n) is 13.6. The molecule has 0 spiro atoms. The smallest absolute Gasteiger partial charge is 0.311 e. The number of aliphatic carboxylic acids is 1. The Morgan fingerprint density at radius 2 is 1.72 bits per heavy atom. The van der Waals surface area contributed by atoms with Crippen molar-refractivity contribution in [1.82, 2.24) is 10.6 Å². The molecule has 1 aliphatic carbocycles. The average molecular weight is 387 g/mol. The molecule has 8 heteroatoms. The number of benzene rings is 1. The van der Waals surface area contributed by atoms with Crippen molar-refractivity contribution in [2.45, 2.75) is 32.1 Å². The van der Waals surface area contributed by atoms with Gasteiger partial charge in [-0.15, -0.1) is 0 Å². The third-order valence-corrected chi connectivity index (χ3v) is 5.22. The van der Waals surface area contributed by atoms with Crippen LogP contribution < -0.4 is 10.6 Å². The molecule has 1 aromatic carbocycles. The minimum Gasteiger partial charge on any atom is -0.481 e. The second-order valence-corrected chi connectivity index (χ2v) is 7.05. The van der Waals surface area contributed by atoms with E-state index in [1.165, 1.54) is 18.2 Å². The van der Waals surface area contributed by atoms with E-state index < -0.39 is 23.2 Å². The molecular formula is C17H20Cl2N2O4. The van der Waals surface area contributed by atoms with Crippen LogP contribution in [0.15, 0.2) is 18.2 Å². The molecule has 25 heavy (non-hydrogen) atoms. The number of carboxylic acids is 1. The van der Waals surface area contributed by atoms with Crippen molar-refractivity contribution in [2.75, 3.05) is 13.1 Å². The SMILES string of the molecule is O=C(CNC(=O)c1ccc(Cl)c(Cl)c1)NCC1(C(=O)O)CCCCC1. The van der Waals surface area contributed by atoms with Crippen LogP contribution in [0.3, 0.4) is 0 Å². The number of halogens is 2. The van der Waals surface area contributed by atoms with Gasteiger partial charge in [-0.05, 0) is 31.0 Å². The second-order valence-electron chi connectivity index (χ2n) is 6.23. The number of nitrogens with one attached hydrogen (secondary N) is 2. The lowest BCUT2D eigenvalue weighted by atomic mass is 9.74. The largest absolute Gasteiger partial charge is 0.481 e. The highest BCUT2D eigenvalue weighted by molar-refractivity contribution is 6.42. The highest BCUT2D eigenvalue weighted by atomic mass is 35.5. The Bertz CT molecular complexity index is 673. The number of carbonyl (C=O) groups excluding carboxylic acids is 2. The van der Waals surface area contributed by atoms with Gasteiger partial charge in [0.05, 0.1) is 22.0 Å². The zero-order chi connectivity index (χ0) is 18.4. The quantitative estimate of drug-likeness (QED) is 0.700. The molecule has 0 atom stereocenters. The van der Waals surface area contributed by atoms with E-state index >= 15 is 0 Å². The second kappa shape index (κ2) is 8.54. The summed E-state index contributed by atoms with van der Waals surface area (Å²) in [6, 6.07) is 4.42. The van der Waals surface area contributed by atoms with Gasteiger partial charge in [-0.25, -0.2) is 0 Å². The van der Waals surface area contributed by atoms with Crippen LogP contribution in [0.25, 0.3) is 0 Å². The van der Waals surface area contributed by atoms with Crippen LogP contribution in [0.4, 0.5) is 0 Å². The molecule has 0 saturated heterocycles. The first-order valence-corrected chi connectivity index (χ1v) is 8.83. The summed E-state index contributed by atoms with van der Waals surface area (Å²) in [6.45, 7) is -0.168. The van der Waals surface area contributed by atoms with E-state index in [9.17, 15) is 19.5 Å². The molecule has 0 aromatic heterocycles. The van der Waals surface area contributed by atoms with Gasteiger partial charge in [0.1, 0.15) is 0 Å². The first kappa shape index (κ1) is 19.5. The van der Waals surface area contributed by atoms with Crippen LogP contribution in [0, 0.1) is 5.41 Å². The summed E-state index contributed by atoms with van der Waals surface area (Å²) in [5.41, 5.74) is -0.613. The Hall–Kier alpha value is -1.79. The van der Waals surface area contributed by atoms with E-state index in [2.05, 4.69) is 10.6 Å². The van der Waals surface area contributed by atoms with Crippen LogP contribution in [-0.4, -0.2) is 36.0 Å². The van der Waals surface area contributed by atoms with Gasteiger partial charge in [0, 0.05) is 12.1 Å². The van der Waals surface area contributed by atoms with Crippen molar-refractivity contribution in [3.63, 3.8) is 0 Å². The summed E-state index contributed by atoms with van der Waals surface area (Å²) in [7, 11) is 0. The van der Waals surface area contributed by atoms with Gasteiger partial charge < -0.3 is 15.7 Å². The van der Waals surface area contributed by atoms with E-state index in [1.54, 1.807) is 0 Å². The average Bonchev–Trinajstić information content (AvgIpc) is 2.60. The third-order valence-electron chi connectivity index (χ3n) is 4.48. The maximum Gasteiger partial charge on any atom is 0.311 e. The predicted molar refractivity (Wildman–Crippen MR) is 95.0 cm³/mol. The highest BCUT2D eigenvalue weighted by Crippen LogP contribution is 2.35. The normalized spacial score (nSPS) is 16.1. The highest BCUT2D eigenvalue weighted by Gasteiger charge is 2.39. The molecule has 1 aromatic rings. The van der Waals surface area contributed by atoms with Crippen molar-refractivity contribution < 1.29 is 19.5 Å². The molecule has 2 rings (SSSR count). The first-order valence-electron chi connectivity index (χ1n) is 8.07. The number of hydrogen-bond donors (Lipinski definition) is 3.